The van der Waals surface area contributed by atoms with Crippen LogP contribution in [0.3, 0.4) is 0 Å². The van der Waals surface area contributed by atoms with Crippen LogP contribution >= 0.6 is 0 Å². The molecule has 2 aromatic carbocycles. The number of aldehydes is 1. The molecular weight excluding hydrogens is 332 g/mol. The van der Waals surface area contributed by atoms with Crippen molar-refractivity contribution < 1.29 is 23.8 Å². The Morgan fingerprint density at radius 3 is 1.85 bits per heavy atom. The average Bonchev–Trinajstić information content (AvgIpc) is 2.69. The Labute approximate surface area is 152 Å². The van der Waals surface area contributed by atoms with E-state index in [1.165, 1.54) is 19.3 Å². The Kier molecular flexibility index (Phi) is 6.74. The monoisotopic (exact) mass is 352 g/mol. The van der Waals surface area contributed by atoms with E-state index in [0.717, 1.165) is 17.4 Å². The molecule has 0 saturated carbocycles. The van der Waals surface area contributed by atoms with Crippen molar-refractivity contribution in [3.05, 3.63) is 65.2 Å². The number of hydrogen-bond acceptors (Lipinski definition) is 5. The van der Waals surface area contributed by atoms with Crippen LogP contribution in [-0.2, 0) is 4.79 Å². The molecule has 2 aromatic rings. The van der Waals surface area contributed by atoms with Crippen molar-refractivity contribution in [3.8, 4) is 17.2 Å². The van der Waals surface area contributed by atoms with E-state index in [1.54, 1.807) is 56.7 Å². The molecule has 0 aliphatic heterocycles. The third kappa shape index (κ3) is 4.83. The molecule has 0 radical (unpaired) electrons. The number of carbonyl (C=O) groups excluding carboxylic acids is 2. The zero-order chi connectivity index (χ0) is 18.9. The summed E-state index contributed by atoms with van der Waals surface area (Å²) >= 11 is 0. The number of methoxy groups -OCH3 is 3. The van der Waals surface area contributed by atoms with Crippen LogP contribution < -0.4 is 14.2 Å². The van der Waals surface area contributed by atoms with Crippen LogP contribution in [0.1, 0.15) is 21.5 Å². The molecular formula is C21H20O5. The molecule has 134 valence electrons. The van der Waals surface area contributed by atoms with Gasteiger partial charge in [0.25, 0.3) is 0 Å². The van der Waals surface area contributed by atoms with Gasteiger partial charge in [-0.2, -0.15) is 0 Å². The molecule has 2 rings (SSSR count). The Morgan fingerprint density at radius 2 is 1.31 bits per heavy atom. The van der Waals surface area contributed by atoms with Crippen LogP contribution in [0.5, 0.6) is 17.2 Å². The van der Waals surface area contributed by atoms with Gasteiger partial charge in [-0.25, -0.2) is 0 Å². The highest BCUT2D eigenvalue weighted by atomic mass is 16.5. The number of carbonyl (C=O) groups is 2. The third-order valence-electron chi connectivity index (χ3n) is 3.67. The zero-order valence-electron chi connectivity index (χ0n) is 14.9. The van der Waals surface area contributed by atoms with Crippen LogP contribution in [0.4, 0.5) is 0 Å². The van der Waals surface area contributed by atoms with Gasteiger partial charge in [0, 0.05) is 0 Å². The fraction of sp³-hybridized carbons (Fsp3) is 0.143. The molecule has 0 amide bonds. The number of ether oxygens (including phenoxy) is 3. The predicted molar refractivity (Wildman–Crippen MR) is 101 cm³/mol. The number of rotatable bonds is 8. The Bertz CT molecular complexity index is 849. The highest BCUT2D eigenvalue weighted by Crippen LogP contribution is 2.28. The minimum absolute atomic E-state index is 0.168. The van der Waals surface area contributed by atoms with E-state index in [1.807, 2.05) is 6.07 Å². The first-order valence-corrected chi connectivity index (χ1v) is 7.86. The van der Waals surface area contributed by atoms with Crippen molar-refractivity contribution in [1.29, 1.82) is 0 Å². The highest BCUT2D eigenvalue weighted by Gasteiger charge is 2.03. The van der Waals surface area contributed by atoms with Gasteiger partial charge in [0.15, 0.2) is 23.6 Å². The van der Waals surface area contributed by atoms with Gasteiger partial charge < -0.3 is 14.2 Å². The summed E-state index contributed by atoms with van der Waals surface area (Å²) < 4.78 is 15.6. The van der Waals surface area contributed by atoms with Gasteiger partial charge in [-0.15, -0.1) is 0 Å². The van der Waals surface area contributed by atoms with Gasteiger partial charge in [-0.3, -0.25) is 9.59 Å². The topological polar surface area (TPSA) is 61.8 Å². The summed E-state index contributed by atoms with van der Waals surface area (Å²) in [4.78, 5) is 22.9. The van der Waals surface area contributed by atoms with Gasteiger partial charge in [-0.05, 0) is 47.5 Å². The summed E-state index contributed by atoms with van der Waals surface area (Å²) in [6, 6.07) is 10.5. The second-order valence-corrected chi connectivity index (χ2v) is 5.30. The van der Waals surface area contributed by atoms with E-state index in [9.17, 15) is 9.59 Å². The smallest absolute Gasteiger partial charge is 0.178 e. The standard InChI is InChI=1S/C21H20O5/c1-24-19-11-7-16(13-21(19)26-3)6-10-18(23)9-5-15-4-8-17(14-22)20(12-15)25-2/h4-14H,1-3H3/b9-5+,10-6+. The number of hydrogen-bond donors (Lipinski definition) is 0. The predicted octanol–water partition coefficient (Wildman–Crippen LogP) is 3.82. The number of ketones is 1. The summed E-state index contributed by atoms with van der Waals surface area (Å²) in [5, 5.41) is 0. The summed E-state index contributed by atoms with van der Waals surface area (Å²) in [5.41, 5.74) is 2.05. The van der Waals surface area contributed by atoms with E-state index in [2.05, 4.69) is 0 Å². The number of benzene rings is 2. The van der Waals surface area contributed by atoms with Crippen LogP contribution in [-0.4, -0.2) is 33.4 Å². The van der Waals surface area contributed by atoms with Crippen LogP contribution in [0, 0.1) is 0 Å². The Hall–Kier alpha value is -3.34. The lowest BCUT2D eigenvalue weighted by molar-refractivity contribution is -0.110. The summed E-state index contributed by atoms with van der Waals surface area (Å²) in [6.45, 7) is 0. The van der Waals surface area contributed by atoms with E-state index < -0.39 is 0 Å². The Morgan fingerprint density at radius 1 is 0.769 bits per heavy atom. The lowest BCUT2D eigenvalue weighted by Gasteiger charge is -2.07. The van der Waals surface area contributed by atoms with Crippen LogP contribution in [0.25, 0.3) is 12.2 Å². The normalized spacial score (nSPS) is 10.9. The Balaban J connectivity index is 2.09. The number of allylic oxidation sites excluding steroid dienone is 2. The summed E-state index contributed by atoms with van der Waals surface area (Å²) in [7, 11) is 4.62. The lowest BCUT2D eigenvalue weighted by atomic mass is 10.1. The van der Waals surface area contributed by atoms with E-state index in [4.69, 9.17) is 14.2 Å². The molecule has 0 aliphatic rings. The molecule has 0 unspecified atom stereocenters. The van der Waals surface area contributed by atoms with Gasteiger partial charge in [0.2, 0.25) is 0 Å². The van der Waals surface area contributed by atoms with Crippen LogP contribution in [0.15, 0.2) is 48.6 Å². The zero-order valence-corrected chi connectivity index (χ0v) is 14.9. The summed E-state index contributed by atoms with van der Waals surface area (Å²) in [6.07, 6.45) is 7.01. The van der Waals surface area contributed by atoms with E-state index in [0.29, 0.717) is 22.8 Å². The molecule has 0 spiro atoms. The largest absolute Gasteiger partial charge is 0.496 e. The first kappa shape index (κ1) is 19.0. The van der Waals surface area contributed by atoms with Crippen molar-refractivity contribution >= 4 is 24.2 Å². The van der Waals surface area contributed by atoms with Gasteiger partial charge in [0.1, 0.15) is 5.75 Å². The molecule has 0 fully saturated rings. The molecule has 5 nitrogen and oxygen atoms in total. The van der Waals surface area contributed by atoms with Gasteiger partial charge >= 0.3 is 0 Å². The molecule has 0 N–H and O–H groups in total. The molecule has 26 heavy (non-hydrogen) atoms. The lowest BCUT2D eigenvalue weighted by Crippen LogP contribution is -1.91. The molecule has 0 saturated heterocycles. The van der Waals surface area contributed by atoms with E-state index >= 15 is 0 Å². The third-order valence-corrected chi connectivity index (χ3v) is 3.67. The molecule has 0 atom stereocenters. The maximum Gasteiger partial charge on any atom is 0.178 e. The van der Waals surface area contributed by atoms with Gasteiger partial charge in [-0.1, -0.05) is 24.3 Å². The summed E-state index contributed by atoms with van der Waals surface area (Å²) in [5.74, 6) is 1.53. The van der Waals surface area contributed by atoms with Gasteiger partial charge in [0.05, 0.1) is 26.9 Å². The maximum absolute atomic E-state index is 12.0. The highest BCUT2D eigenvalue weighted by molar-refractivity contribution is 6.04. The minimum atomic E-state index is -0.168. The molecule has 0 bridgehead atoms. The molecule has 5 heteroatoms. The fourth-order valence-electron chi connectivity index (χ4n) is 2.30. The van der Waals surface area contributed by atoms with Crippen molar-refractivity contribution in [2.75, 3.05) is 21.3 Å². The van der Waals surface area contributed by atoms with Crippen molar-refractivity contribution in [1.82, 2.24) is 0 Å². The van der Waals surface area contributed by atoms with Crippen molar-refractivity contribution in [2.45, 2.75) is 0 Å². The van der Waals surface area contributed by atoms with Crippen molar-refractivity contribution in [3.63, 3.8) is 0 Å². The second-order valence-electron chi connectivity index (χ2n) is 5.30. The van der Waals surface area contributed by atoms with Crippen molar-refractivity contribution in [2.24, 2.45) is 0 Å². The maximum atomic E-state index is 12.0. The SMILES string of the molecule is COc1cc(/C=C/C(=O)/C=C/c2ccc(OC)c(OC)c2)ccc1C=O. The fourth-order valence-corrected chi connectivity index (χ4v) is 2.30. The quantitative estimate of drug-likeness (QED) is 0.534. The molecule has 0 aromatic heterocycles. The van der Waals surface area contributed by atoms with E-state index in [-0.39, 0.29) is 5.78 Å². The second kappa shape index (κ2) is 9.22. The van der Waals surface area contributed by atoms with Crippen LogP contribution in [0.2, 0.25) is 0 Å². The molecule has 0 heterocycles. The average molecular weight is 352 g/mol. The first-order valence-electron chi connectivity index (χ1n) is 7.86. The molecule has 0 aliphatic carbocycles. The first-order chi connectivity index (χ1) is 12.6. The minimum Gasteiger partial charge on any atom is -0.496 e.